The molecule has 1 aromatic rings. The molecule has 1 aliphatic carbocycles. The van der Waals surface area contributed by atoms with Crippen LogP contribution in [0.5, 0.6) is 0 Å². The maximum atomic E-state index is 12.3. The second-order valence-electron chi connectivity index (χ2n) is 5.04. The van der Waals surface area contributed by atoms with Crippen molar-refractivity contribution < 1.29 is 4.79 Å². The van der Waals surface area contributed by atoms with E-state index in [0.29, 0.717) is 29.8 Å². The van der Waals surface area contributed by atoms with E-state index >= 15 is 0 Å². The number of benzene rings is 1. The van der Waals surface area contributed by atoms with E-state index in [0.717, 1.165) is 10.0 Å². The van der Waals surface area contributed by atoms with Crippen LogP contribution in [0.15, 0.2) is 16.6 Å². The number of rotatable bonds is 2. The van der Waals surface area contributed by atoms with Gasteiger partial charge in [-0.2, -0.15) is 0 Å². The minimum absolute atomic E-state index is 0.101. The summed E-state index contributed by atoms with van der Waals surface area (Å²) in [5, 5.41) is 0. The van der Waals surface area contributed by atoms with Gasteiger partial charge in [-0.1, -0.05) is 15.9 Å². The van der Waals surface area contributed by atoms with Crippen molar-refractivity contribution in [3.8, 4) is 0 Å². The Morgan fingerprint density at radius 1 is 1.47 bits per heavy atom. The average Bonchev–Trinajstić information content (AvgIpc) is 3.03. The van der Waals surface area contributed by atoms with E-state index in [1.165, 1.54) is 12.8 Å². The molecule has 1 atom stereocenters. The number of nitrogens with two attached hydrogens (primary N) is 1. The molecule has 0 radical (unpaired) electrons. The zero-order chi connectivity index (χ0) is 12.2. The molecular formula is C13H15BrN2O. The molecule has 2 aliphatic rings. The molecule has 1 saturated carbocycles. The van der Waals surface area contributed by atoms with Crippen LogP contribution in [0, 0.1) is 5.92 Å². The number of carbonyl (C=O) groups is 1. The molecule has 0 saturated heterocycles. The normalized spacial score (nSPS) is 20.6. The topological polar surface area (TPSA) is 46.3 Å². The van der Waals surface area contributed by atoms with Crippen molar-refractivity contribution in [2.75, 3.05) is 5.73 Å². The van der Waals surface area contributed by atoms with Gasteiger partial charge >= 0.3 is 0 Å². The molecule has 0 bridgehead atoms. The number of hydrogen-bond acceptors (Lipinski definition) is 2. The lowest BCUT2D eigenvalue weighted by Gasteiger charge is -2.23. The van der Waals surface area contributed by atoms with Crippen molar-refractivity contribution in [1.29, 1.82) is 0 Å². The number of hydrogen-bond donors (Lipinski definition) is 1. The van der Waals surface area contributed by atoms with Gasteiger partial charge in [-0.05, 0) is 43.4 Å². The first-order chi connectivity index (χ1) is 8.08. The molecule has 1 unspecified atom stereocenters. The summed E-state index contributed by atoms with van der Waals surface area (Å²) in [5.74, 6) is 0.794. The van der Waals surface area contributed by atoms with Crippen molar-refractivity contribution in [2.24, 2.45) is 5.92 Å². The first-order valence-corrected chi connectivity index (χ1v) is 6.76. The summed E-state index contributed by atoms with van der Waals surface area (Å²) >= 11 is 3.42. The monoisotopic (exact) mass is 294 g/mol. The van der Waals surface area contributed by atoms with Crippen LogP contribution in [-0.4, -0.2) is 16.8 Å². The Morgan fingerprint density at radius 2 is 2.18 bits per heavy atom. The Balaban J connectivity index is 1.96. The lowest BCUT2D eigenvalue weighted by Crippen LogP contribution is -2.34. The molecule has 1 aromatic carbocycles. The van der Waals surface area contributed by atoms with E-state index in [2.05, 4.69) is 22.9 Å². The van der Waals surface area contributed by atoms with Gasteiger partial charge in [-0.25, -0.2) is 0 Å². The molecular weight excluding hydrogens is 280 g/mol. The summed E-state index contributed by atoms with van der Waals surface area (Å²) in [4.78, 5) is 14.3. The molecule has 1 aliphatic heterocycles. The molecule has 3 rings (SSSR count). The van der Waals surface area contributed by atoms with Crippen LogP contribution in [0.4, 0.5) is 5.69 Å². The minimum atomic E-state index is 0.101. The van der Waals surface area contributed by atoms with Crippen LogP contribution in [0.1, 0.15) is 35.7 Å². The zero-order valence-electron chi connectivity index (χ0n) is 9.74. The van der Waals surface area contributed by atoms with E-state index in [1.54, 1.807) is 0 Å². The Kier molecular flexibility index (Phi) is 2.43. The Morgan fingerprint density at radius 3 is 2.82 bits per heavy atom. The summed E-state index contributed by atoms with van der Waals surface area (Å²) < 4.78 is 0.947. The minimum Gasteiger partial charge on any atom is -0.398 e. The highest BCUT2D eigenvalue weighted by Crippen LogP contribution is 2.39. The molecule has 1 amide bonds. The van der Waals surface area contributed by atoms with Gasteiger partial charge in [0.25, 0.3) is 5.91 Å². The SMILES string of the molecule is CC(C1CC1)N1Cc2cc(Br)cc(N)c2C1=O. The maximum absolute atomic E-state index is 12.3. The predicted molar refractivity (Wildman–Crippen MR) is 70.6 cm³/mol. The van der Waals surface area contributed by atoms with E-state index in [-0.39, 0.29) is 5.91 Å². The summed E-state index contributed by atoms with van der Waals surface area (Å²) in [5.41, 5.74) is 8.29. The number of fused-ring (bicyclic) bond motifs is 1. The summed E-state index contributed by atoms with van der Waals surface area (Å²) in [6.45, 7) is 2.85. The van der Waals surface area contributed by atoms with Crippen LogP contribution in [0.3, 0.4) is 0 Å². The number of amides is 1. The first-order valence-electron chi connectivity index (χ1n) is 5.97. The van der Waals surface area contributed by atoms with Crippen molar-refractivity contribution in [3.05, 3.63) is 27.7 Å². The Bertz CT molecular complexity index is 496. The third-order valence-corrected chi connectivity index (χ3v) is 4.28. The largest absolute Gasteiger partial charge is 0.398 e. The van der Waals surface area contributed by atoms with Crippen molar-refractivity contribution in [1.82, 2.24) is 4.90 Å². The number of nitrogen functional groups attached to an aromatic ring is 1. The molecule has 2 N–H and O–H groups in total. The summed E-state index contributed by atoms with van der Waals surface area (Å²) in [7, 11) is 0. The fourth-order valence-corrected chi connectivity index (χ4v) is 3.16. The standard InChI is InChI=1S/C13H15BrN2O/c1-7(8-2-3-8)16-6-9-4-10(14)5-11(15)12(9)13(16)17/h4-5,7-8H,2-3,6,15H2,1H3. The number of anilines is 1. The molecule has 17 heavy (non-hydrogen) atoms. The summed E-state index contributed by atoms with van der Waals surface area (Å²) in [6.07, 6.45) is 2.50. The van der Waals surface area contributed by atoms with Crippen molar-refractivity contribution in [3.63, 3.8) is 0 Å². The zero-order valence-corrected chi connectivity index (χ0v) is 11.3. The molecule has 4 heteroatoms. The molecule has 90 valence electrons. The Hall–Kier alpha value is -1.03. The lowest BCUT2D eigenvalue weighted by atomic mass is 10.1. The van der Waals surface area contributed by atoms with Gasteiger partial charge < -0.3 is 10.6 Å². The second kappa shape index (κ2) is 3.73. The first kappa shape index (κ1) is 11.1. The quantitative estimate of drug-likeness (QED) is 0.853. The highest BCUT2D eigenvalue weighted by Gasteiger charge is 2.39. The maximum Gasteiger partial charge on any atom is 0.256 e. The van der Waals surface area contributed by atoms with Gasteiger partial charge in [0.15, 0.2) is 0 Å². The van der Waals surface area contributed by atoms with Gasteiger partial charge in [-0.3, -0.25) is 4.79 Å². The van der Waals surface area contributed by atoms with E-state index in [9.17, 15) is 4.79 Å². The van der Waals surface area contributed by atoms with Gasteiger partial charge in [0.2, 0.25) is 0 Å². The van der Waals surface area contributed by atoms with Crippen LogP contribution in [-0.2, 0) is 6.54 Å². The number of halogens is 1. The number of nitrogens with zero attached hydrogens (tertiary/aromatic N) is 1. The van der Waals surface area contributed by atoms with Gasteiger partial charge in [0.1, 0.15) is 0 Å². The molecule has 0 aromatic heterocycles. The van der Waals surface area contributed by atoms with Crippen molar-refractivity contribution >= 4 is 27.5 Å². The van der Waals surface area contributed by atoms with Gasteiger partial charge in [0, 0.05) is 22.7 Å². The summed E-state index contributed by atoms with van der Waals surface area (Å²) in [6, 6.07) is 4.15. The fraction of sp³-hybridized carbons (Fsp3) is 0.462. The molecule has 1 heterocycles. The highest BCUT2D eigenvalue weighted by molar-refractivity contribution is 9.10. The third-order valence-electron chi connectivity index (χ3n) is 3.83. The fourth-order valence-electron chi connectivity index (χ4n) is 2.63. The average molecular weight is 295 g/mol. The van der Waals surface area contributed by atoms with E-state index in [1.807, 2.05) is 17.0 Å². The predicted octanol–water partition coefficient (Wildman–Crippen LogP) is 2.79. The van der Waals surface area contributed by atoms with Crippen LogP contribution in [0.25, 0.3) is 0 Å². The second-order valence-corrected chi connectivity index (χ2v) is 5.96. The highest BCUT2D eigenvalue weighted by atomic mass is 79.9. The lowest BCUT2D eigenvalue weighted by molar-refractivity contribution is 0.0698. The smallest absolute Gasteiger partial charge is 0.256 e. The van der Waals surface area contributed by atoms with E-state index in [4.69, 9.17) is 5.73 Å². The van der Waals surface area contributed by atoms with Crippen LogP contribution in [0.2, 0.25) is 0 Å². The van der Waals surface area contributed by atoms with E-state index < -0.39 is 0 Å². The molecule has 3 nitrogen and oxygen atoms in total. The van der Waals surface area contributed by atoms with Crippen molar-refractivity contribution in [2.45, 2.75) is 32.4 Å². The number of carbonyl (C=O) groups excluding carboxylic acids is 1. The molecule has 0 spiro atoms. The van der Waals surface area contributed by atoms with Crippen LogP contribution < -0.4 is 5.73 Å². The molecule has 1 fully saturated rings. The Labute approximate surface area is 109 Å². The third kappa shape index (κ3) is 1.75. The van der Waals surface area contributed by atoms with Gasteiger partial charge in [-0.15, -0.1) is 0 Å². The van der Waals surface area contributed by atoms with Crippen LogP contribution >= 0.6 is 15.9 Å². The van der Waals surface area contributed by atoms with Gasteiger partial charge in [0.05, 0.1) is 5.56 Å².